The first-order valence-electron chi connectivity index (χ1n) is 7.72. The molecule has 1 aliphatic heterocycles. The Morgan fingerprint density at radius 2 is 2.09 bits per heavy atom. The molecule has 0 spiro atoms. The van der Waals surface area contributed by atoms with Crippen molar-refractivity contribution < 1.29 is 49.0 Å². The second-order valence-electron chi connectivity index (χ2n) is 6.17. The van der Waals surface area contributed by atoms with Gasteiger partial charge < -0.3 is 20.0 Å². The molecule has 1 unspecified atom stereocenters. The maximum absolute atomic E-state index is 12.3. The number of hydrogen-bond acceptors (Lipinski definition) is 4. The van der Waals surface area contributed by atoms with E-state index in [0.717, 1.165) is 30.8 Å². The molecule has 1 amide bonds. The molecule has 5 nitrogen and oxygen atoms in total. The van der Waals surface area contributed by atoms with E-state index in [4.69, 9.17) is 4.74 Å². The fraction of sp³-hybridized carbons (Fsp3) is 0.529. The number of carbonyl (C=O) groups is 2. The second-order valence-corrected chi connectivity index (χ2v) is 6.17. The van der Waals surface area contributed by atoms with Crippen LogP contribution in [0.1, 0.15) is 38.7 Å². The number of hydrogen-bond donors (Lipinski definition) is 1. The smallest absolute Gasteiger partial charge is 0.550 e. The van der Waals surface area contributed by atoms with Crippen LogP contribution in [0.3, 0.4) is 0 Å². The molecule has 0 bridgehead atoms. The first kappa shape index (κ1) is 20.0. The van der Waals surface area contributed by atoms with Crippen molar-refractivity contribution in [2.45, 2.75) is 39.5 Å². The van der Waals surface area contributed by atoms with Gasteiger partial charge in [-0.3, -0.25) is 4.79 Å². The summed E-state index contributed by atoms with van der Waals surface area (Å²) in [6.45, 7) is 4.65. The molecule has 23 heavy (non-hydrogen) atoms. The van der Waals surface area contributed by atoms with E-state index >= 15 is 0 Å². The summed E-state index contributed by atoms with van der Waals surface area (Å²) in [4.78, 5) is 23.2. The minimum absolute atomic E-state index is 0. The number of amides is 1. The monoisotopic (exact) mass is 327 g/mol. The molecule has 1 aromatic carbocycles. The zero-order valence-electron chi connectivity index (χ0n) is 14.1. The van der Waals surface area contributed by atoms with E-state index in [0.29, 0.717) is 12.1 Å². The third kappa shape index (κ3) is 6.16. The zero-order chi connectivity index (χ0) is 16.1. The van der Waals surface area contributed by atoms with E-state index in [1.165, 1.54) is 0 Å². The number of nitrogens with one attached hydrogen (secondary N) is 1. The van der Waals surface area contributed by atoms with Crippen LogP contribution in [0.4, 0.5) is 5.69 Å². The average Bonchev–Trinajstić information content (AvgIpc) is 2.45. The molecule has 6 heteroatoms. The Bertz CT molecular complexity index is 560. The van der Waals surface area contributed by atoms with Gasteiger partial charge in [-0.05, 0) is 55.4 Å². The normalized spacial score (nSPS) is 14.2. The fourth-order valence-electron chi connectivity index (χ4n) is 2.74. The third-order valence-corrected chi connectivity index (χ3v) is 3.72. The van der Waals surface area contributed by atoms with Crippen LogP contribution in [-0.4, -0.2) is 18.5 Å². The van der Waals surface area contributed by atoms with Crippen LogP contribution in [0.15, 0.2) is 18.2 Å². The third-order valence-electron chi connectivity index (χ3n) is 3.72. The average molecular weight is 327 g/mol. The number of ether oxygens (including phenoxy) is 1. The summed E-state index contributed by atoms with van der Waals surface area (Å²) in [6, 6.07) is 5.53. The largest absolute Gasteiger partial charge is 1.00 e. The Morgan fingerprint density at radius 3 is 2.74 bits per heavy atom. The molecule has 1 heterocycles. The number of benzene rings is 1. The summed E-state index contributed by atoms with van der Waals surface area (Å²) in [5, 5.41) is 13.6. The van der Waals surface area contributed by atoms with Crippen LogP contribution in [0, 0.1) is 11.8 Å². The molecule has 120 valence electrons. The van der Waals surface area contributed by atoms with Gasteiger partial charge in [0.25, 0.3) is 0 Å². The predicted molar refractivity (Wildman–Crippen MR) is 81.5 cm³/mol. The molecule has 0 aliphatic carbocycles. The maximum atomic E-state index is 12.3. The van der Waals surface area contributed by atoms with Crippen LogP contribution in [-0.2, 0) is 16.0 Å². The number of carboxylic acid groups (broad SMARTS) is 1. The first-order valence-corrected chi connectivity index (χ1v) is 7.72. The van der Waals surface area contributed by atoms with E-state index < -0.39 is 11.9 Å². The van der Waals surface area contributed by atoms with Crippen molar-refractivity contribution in [3.8, 4) is 5.75 Å². The summed E-state index contributed by atoms with van der Waals surface area (Å²) >= 11 is 0. The minimum Gasteiger partial charge on any atom is -0.550 e. The summed E-state index contributed by atoms with van der Waals surface area (Å²) in [5.74, 6) is -0.934. The molecule has 0 fully saturated rings. The number of carbonyl (C=O) groups excluding carboxylic acids is 2. The molecular formula is C17H22NNaO4. The van der Waals surface area contributed by atoms with Gasteiger partial charge in [-0.2, -0.15) is 0 Å². The summed E-state index contributed by atoms with van der Waals surface area (Å²) in [7, 11) is 0. The molecule has 1 aliphatic rings. The second kappa shape index (κ2) is 9.30. The van der Waals surface area contributed by atoms with E-state index in [9.17, 15) is 14.7 Å². The van der Waals surface area contributed by atoms with Crippen molar-refractivity contribution in [3.63, 3.8) is 0 Å². The SMILES string of the molecule is CC(C)CC(CC(=O)[O-])C(=O)Nc1ccc2c(c1)CCCO2.[Na+]. The Hall–Kier alpha value is -1.04. The molecule has 0 radical (unpaired) electrons. The van der Waals surface area contributed by atoms with E-state index in [-0.39, 0.29) is 47.8 Å². The van der Waals surface area contributed by atoms with Crippen molar-refractivity contribution in [2.75, 3.05) is 11.9 Å². The first-order chi connectivity index (χ1) is 10.5. The molecule has 2 rings (SSSR count). The molecular weight excluding hydrogens is 305 g/mol. The quantitative estimate of drug-likeness (QED) is 0.663. The Morgan fingerprint density at radius 1 is 1.35 bits per heavy atom. The van der Waals surface area contributed by atoms with Crippen molar-refractivity contribution in [1.29, 1.82) is 0 Å². The summed E-state index contributed by atoms with van der Waals surface area (Å²) in [5.41, 5.74) is 1.76. The van der Waals surface area contributed by atoms with E-state index in [2.05, 4.69) is 5.32 Å². The van der Waals surface area contributed by atoms with Crippen LogP contribution in [0.5, 0.6) is 5.75 Å². The fourth-order valence-corrected chi connectivity index (χ4v) is 2.74. The van der Waals surface area contributed by atoms with E-state index in [1.54, 1.807) is 6.07 Å². The maximum Gasteiger partial charge on any atom is 1.00 e. The van der Waals surface area contributed by atoms with Gasteiger partial charge >= 0.3 is 29.6 Å². The van der Waals surface area contributed by atoms with Crippen molar-refractivity contribution in [3.05, 3.63) is 23.8 Å². The van der Waals surface area contributed by atoms with Gasteiger partial charge in [-0.15, -0.1) is 0 Å². The summed E-state index contributed by atoms with van der Waals surface area (Å²) < 4.78 is 5.54. The summed E-state index contributed by atoms with van der Waals surface area (Å²) in [6.07, 6.45) is 2.16. The van der Waals surface area contributed by atoms with Crippen LogP contribution < -0.4 is 44.7 Å². The van der Waals surface area contributed by atoms with Gasteiger partial charge in [0.1, 0.15) is 5.75 Å². The van der Waals surface area contributed by atoms with Crippen LogP contribution in [0.2, 0.25) is 0 Å². The molecule has 0 saturated heterocycles. The Labute approximate surface area is 159 Å². The molecule has 0 aromatic heterocycles. The van der Waals surface area contributed by atoms with Gasteiger partial charge in [0.15, 0.2) is 0 Å². The number of rotatable bonds is 6. The van der Waals surface area contributed by atoms with Crippen molar-refractivity contribution in [2.24, 2.45) is 11.8 Å². The van der Waals surface area contributed by atoms with Crippen molar-refractivity contribution >= 4 is 17.6 Å². The van der Waals surface area contributed by atoms with Crippen LogP contribution in [0.25, 0.3) is 0 Å². The standard InChI is InChI=1S/C17H23NO4.Na/c1-11(2)8-13(10-16(19)20)17(21)18-14-5-6-15-12(9-14)4-3-7-22-15;/h5-6,9,11,13H,3-4,7-8,10H2,1-2H3,(H,18,21)(H,19,20);/q;+1/p-1. The van der Waals surface area contributed by atoms with Gasteiger partial charge in [-0.25, -0.2) is 0 Å². The van der Waals surface area contributed by atoms with Gasteiger partial charge in [0.05, 0.1) is 6.61 Å². The van der Waals surface area contributed by atoms with Gasteiger partial charge in [0, 0.05) is 17.6 Å². The topological polar surface area (TPSA) is 78.5 Å². The van der Waals surface area contributed by atoms with Gasteiger partial charge in [0.2, 0.25) is 5.91 Å². The number of carboxylic acids is 1. The molecule has 1 aromatic rings. The Balaban J connectivity index is 0.00000264. The molecule has 0 saturated carbocycles. The van der Waals surface area contributed by atoms with Crippen molar-refractivity contribution in [1.82, 2.24) is 0 Å². The number of aryl methyl sites for hydroxylation is 1. The number of anilines is 1. The van der Waals surface area contributed by atoms with E-state index in [1.807, 2.05) is 26.0 Å². The predicted octanol–water partition coefficient (Wildman–Crippen LogP) is -1.24. The molecule has 1 N–H and O–H groups in total. The van der Waals surface area contributed by atoms with Gasteiger partial charge in [-0.1, -0.05) is 13.8 Å². The number of aliphatic carboxylic acids is 1. The molecule has 1 atom stereocenters. The number of fused-ring (bicyclic) bond motifs is 1. The minimum atomic E-state index is -1.19. The van der Waals surface area contributed by atoms with Crippen LogP contribution >= 0.6 is 0 Å². The zero-order valence-corrected chi connectivity index (χ0v) is 16.1. The Kier molecular flexibility index (Phi) is 8.09.